The van der Waals surface area contributed by atoms with Crippen LogP contribution in [0.1, 0.15) is 69.3 Å². The number of aliphatic hydroxyl groups is 1. The highest BCUT2D eigenvalue weighted by Crippen LogP contribution is 2.58. The molecule has 3 N–H and O–H groups in total. The second-order valence-electron chi connectivity index (χ2n) is 8.68. The van der Waals surface area contributed by atoms with Crippen LogP contribution in [0.15, 0.2) is 12.1 Å². The molecule has 6 nitrogen and oxygen atoms in total. The maximum atomic E-state index is 11.7. The number of phenolic OH excluding ortho intramolecular Hbond substituents is 1. The molecule has 1 heterocycles. The van der Waals surface area contributed by atoms with E-state index >= 15 is 0 Å². The highest BCUT2D eigenvalue weighted by atomic mass is 32.2. The molecule has 1 aromatic carbocycles. The number of aromatic hydroxyl groups is 1. The normalized spacial score (nSPS) is 23.4. The van der Waals surface area contributed by atoms with Crippen molar-refractivity contribution in [3.63, 3.8) is 0 Å². The van der Waals surface area contributed by atoms with Crippen LogP contribution in [0.2, 0.25) is 0 Å². The zero-order valence-electron chi connectivity index (χ0n) is 19.9. The van der Waals surface area contributed by atoms with E-state index in [2.05, 4.69) is 13.8 Å². The summed E-state index contributed by atoms with van der Waals surface area (Å²) in [6, 6.07) is 3.26. The molecular weight excluding hydrogens is 480 g/mol. The predicted molar refractivity (Wildman–Crippen MR) is 139 cm³/mol. The number of carbonyl (C=O) groups is 2. The first kappa shape index (κ1) is 28.2. The van der Waals surface area contributed by atoms with E-state index in [0.29, 0.717) is 29.9 Å². The number of Topliss-reactive ketones (excluding diaryl/α,β-unsaturated/α-hetero) is 1. The number of benzene rings is 1. The average molecular weight is 517 g/mol. The molecule has 1 saturated heterocycles. The molecule has 0 aromatic heterocycles. The fraction of sp³-hybridized carbons (Fsp3) is 0.667. The van der Waals surface area contributed by atoms with Crippen LogP contribution in [-0.4, -0.2) is 65.9 Å². The van der Waals surface area contributed by atoms with E-state index in [1.54, 1.807) is 23.9 Å². The summed E-state index contributed by atoms with van der Waals surface area (Å²) in [6.07, 6.45) is 2.55. The Morgan fingerprint density at radius 1 is 1.30 bits per heavy atom. The standard InChI is InChI=1S/C24H36O6S3/c1-5-7-19-20(9-8-18(16(3)25)22(19)29)30-12-17(26)13-31-14-24(6-2)15-32-23(4,33-24)11-10-21(27)28/h8-9,17,26,29H,5-7,10-15H2,1-4H3,(H,27,28). The van der Waals surface area contributed by atoms with Crippen LogP contribution in [0.25, 0.3) is 0 Å². The number of carboxylic acids is 1. The first-order chi connectivity index (χ1) is 15.5. The van der Waals surface area contributed by atoms with Gasteiger partial charge in [0.15, 0.2) is 5.78 Å². The van der Waals surface area contributed by atoms with Gasteiger partial charge < -0.3 is 20.1 Å². The molecule has 0 bridgehead atoms. The van der Waals surface area contributed by atoms with E-state index in [-0.39, 0.29) is 38.9 Å². The van der Waals surface area contributed by atoms with Crippen molar-refractivity contribution in [2.45, 2.75) is 74.7 Å². The Balaban J connectivity index is 1.88. The van der Waals surface area contributed by atoms with Crippen LogP contribution in [0, 0.1) is 0 Å². The van der Waals surface area contributed by atoms with Gasteiger partial charge in [0.2, 0.25) is 0 Å². The number of aliphatic carboxylic acids is 1. The molecular formula is C24H36O6S3. The Labute approximate surface area is 209 Å². The van der Waals surface area contributed by atoms with Crippen molar-refractivity contribution in [1.29, 1.82) is 0 Å². The van der Waals surface area contributed by atoms with Crippen LogP contribution in [0.4, 0.5) is 0 Å². The van der Waals surface area contributed by atoms with Gasteiger partial charge in [0.1, 0.15) is 18.1 Å². The summed E-state index contributed by atoms with van der Waals surface area (Å²) in [4.78, 5) is 22.7. The third-order valence-electron chi connectivity index (χ3n) is 5.74. The molecule has 3 unspecified atom stereocenters. The van der Waals surface area contributed by atoms with Crippen molar-refractivity contribution >= 4 is 47.0 Å². The van der Waals surface area contributed by atoms with Gasteiger partial charge in [0, 0.05) is 34.0 Å². The lowest BCUT2D eigenvalue weighted by Crippen LogP contribution is -2.30. The van der Waals surface area contributed by atoms with E-state index in [1.807, 2.05) is 30.4 Å². The second kappa shape index (κ2) is 12.6. The van der Waals surface area contributed by atoms with Crippen LogP contribution < -0.4 is 4.74 Å². The molecule has 1 aliphatic heterocycles. The Morgan fingerprint density at radius 3 is 2.64 bits per heavy atom. The molecule has 0 amide bonds. The van der Waals surface area contributed by atoms with E-state index < -0.39 is 12.1 Å². The predicted octanol–water partition coefficient (Wildman–Crippen LogP) is 5.23. The van der Waals surface area contributed by atoms with Crippen molar-refractivity contribution in [2.24, 2.45) is 0 Å². The highest BCUT2D eigenvalue weighted by Gasteiger charge is 2.45. The minimum absolute atomic E-state index is 0.0303. The first-order valence-corrected chi connectivity index (χ1v) is 14.3. The molecule has 9 heteroatoms. The van der Waals surface area contributed by atoms with Crippen molar-refractivity contribution in [1.82, 2.24) is 0 Å². The molecule has 0 spiro atoms. The average Bonchev–Trinajstić information content (AvgIpc) is 3.10. The summed E-state index contributed by atoms with van der Waals surface area (Å²) in [5, 5.41) is 30.0. The summed E-state index contributed by atoms with van der Waals surface area (Å²) in [5.41, 5.74) is 0.893. The first-order valence-electron chi connectivity index (χ1n) is 11.3. The number of carboxylic acid groups (broad SMARTS) is 1. The van der Waals surface area contributed by atoms with Gasteiger partial charge in [-0.05, 0) is 45.2 Å². The van der Waals surface area contributed by atoms with Crippen molar-refractivity contribution in [3.8, 4) is 11.5 Å². The van der Waals surface area contributed by atoms with Gasteiger partial charge in [-0.1, -0.05) is 20.3 Å². The largest absolute Gasteiger partial charge is 0.507 e. The molecule has 0 saturated carbocycles. The molecule has 1 aliphatic rings. The number of hydrogen-bond donors (Lipinski definition) is 3. The lowest BCUT2D eigenvalue weighted by atomic mass is 10.0. The third kappa shape index (κ3) is 8.01. The van der Waals surface area contributed by atoms with Crippen molar-refractivity contribution in [2.75, 3.05) is 23.9 Å². The fourth-order valence-corrected chi connectivity index (χ4v) is 9.27. The minimum atomic E-state index is -0.754. The van der Waals surface area contributed by atoms with E-state index in [9.17, 15) is 19.8 Å². The van der Waals surface area contributed by atoms with Gasteiger partial charge in [-0.3, -0.25) is 9.59 Å². The van der Waals surface area contributed by atoms with Crippen LogP contribution in [-0.2, 0) is 11.2 Å². The third-order valence-corrected chi connectivity index (χ3v) is 11.2. The Kier molecular flexibility index (Phi) is 10.8. The zero-order valence-corrected chi connectivity index (χ0v) is 22.3. The second-order valence-corrected chi connectivity index (χ2v) is 13.4. The van der Waals surface area contributed by atoms with Crippen LogP contribution >= 0.6 is 35.3 Å². The topological polar surface area (TPSA) is 104 Å². The Bertz CT molecular complexity index is 833. The molecule has 2 rings (SSSR count). The summed E-state index contributed by atoms with van der Waals surface area (Å²) in [7, 11) is 0. The zero-order chi connectivity index (χ0) is 24.6. The van der Waals surface area contributed by atoms with Gasteiger partial charge in [0.25, 0.3) is 0 Å². The fourth-order valence-electron chi connectivity index (χ4n) is 3.75. The highest BCUT2D eigenvalue weighted by molar-refractivity contribution is 8.22. The van der Waals surface area contributed by atoms with Crippen LogP contribution in [0.3, 0.4) is 0 Å². The van der Waals surface area contributed by atoms with E-state index in [4.69, 9.17) is 9.84 Å². The van der Waals surface area contributed by atoms with E-state index in [1.165, 1.54) is 6.92 Å². The number of phenols is 1. The van der Waals surface area contributed by atoms with Gasteiger partial charge in [-0.15, -0.1) is 23.5 Å². The molecule has 3 atom stereocenters. The summed E-state index contributed by atoms with van der Waals surface area (Å²) in [6.45, 7) is 7.83. The Morgan fingerprint density at radius 2 is 2.03 bits per heavy atom. The number of carbonyl (C=O) groups excluding carboxylic acids is 1. The number of aliphatic hydroxyl groups excluding tert-OH is 1. The molecule has 0 aliphatic carbocycles. The molecule has 186 valence electrons. The number of ether oxygens (including phenoxy) is 1. The Hall–Kier alpha value is -1.03. The van der Waals surface area contributed by atoms with Gasteiger partial charge in [-0.2, -0.15) is 11.8 Å². The SMILES string of the molecule is CCCc1c(OCC(O)CSCC2(CC)CSC(C)(CCC(=O)O)S2)ccc(C(C)=O)c1O. The molecule has 1 aromatic rings. The minimum Gasteiger partial charge on any atom is -0.507 e. The van der Waals surface area contributed by atoms with Crippen molar-refractivity contribution < 1.29 is 29.6 Å². The maximum absolute atomic E-state index is 11.7. The maximum Gasteiger partial charge on any atom is 0.303 e. The molecule has 33 heavy (non-hydrogen) atoms. The van der Waals surface area contributed by atoms with Crippen molar-refractivity contribution in [3.05, 3.63) is 23.3 Å². The summed E-state index contributed by atoms with van der Waals surface area (Å²) in [5.74, 6) is 1.92. The lowest BCUT2D eigenvalue weighted by molar-refractivity contribution is -0.137. The van der Waals surface area contributed by atoms with Gasteiger partial charge in [-0.25, -0.2) is 0 Å². The van der Waals surface area contributed by atoms with Gasteiger partial charge in [0.05, 0.1) is 15.7 Å². The number of ketones is 1. The lowest BCUT2D eigenvalue weighted by Gasteiger charge is -2.29. The molecule has 0 radical (unpaired) electrons. The number of rotatable bonds is 14. The smallest absolute Gasteiger partial charge is 0.303 e. The summed E-state index contributed by atoms with van der Waals surface area (Å²) < 4.78 is 5.82. The monoisotopic (exact) mass is 516 g/mol. The van der Waals surface area contributed by atoms with Gasteiger partial charge >= 0.3 is 5.97 Å². The quantitative estimate of drug-likeness (QED) is 0.287. The number of hydrogen-bond acceptors (Lipinski definition) is 8. The van der Waals surface area contributed by atoms with E-state index in [0.717, 1.165) is 24.3 Å². The molecule has 1 fully saturated rings. The summed E-state index contributed by atoms with van der Waals surface area (Å²) >= 11 is 5.43. The van der Waals surface area contributed by atoms with Crippen LogP contribution in [0.5, 0.6) is 11.5 Å². The number of thioether (sulfide) groups is 3.